The van der Waals surface area contributed by atoms with E-state index in [9.17, 15) is 8.78 Å². The molecule has 0 heterocycles. The van der Waals surface area contributed by atoms with Crippen molar-refractivity contribution in [1.82, 2.24) is 0 Å². The molecule has 0 aromatic heterocycles. The van der Waals surface area contributed by atoms with Gasteiger partial charge in [0.1, 0.15) is 0 Å². The van der Waals surface area contributed by atoms with Gasteiger partial charge in [-0.15, -0.1) is 0 Å². The van der Waals surface area contributed by atoms with Crippen molar-refractivity contribution >= 4 is 11.8 Å². The Morgan fingerprint density at radius 1 is 1.29 bits per heavy atom. The SMILES string of the molecule is CC1(C)CC1(CN)c1ccc(SC(F)F)cc1. The van der Waals surface area contributed by atoms with Crippen LogP contribution in [0.4, 0.5) is 8.78 Å². The Hall–Kier alpha value is -0.610. The molecule has 2 N–H and O–H groups in total. The fourth-order valence-electron chi connectivity index (χ4n) is 2.62. The monoisotopic (exact) mass is 257 g/mol. The van der Waals surface area contributed by atoms with Crippen molar-refractivity contribution in [3.05, 3.63) is 29.8 Å². The highest BCUT2D eigenvalue weighted by atomic mass is 32.2. The fourth-order valence-corrected chi connectivity index (χ4v) is 3.12. The quantitative estimate of drug-likeness (QED) is 0.834. The number of rotatable bonds is 4. The Morgan fingerprint density at radius 3 is 2.18 bits per heavy atom. The molecule has 1 unspecified atom stereocenters. The predicted octanol–water partition coefficient (Wildman–Crippen LogP) is 3.63. The maximum Gasteiger partial charge on any atom is 0.288 e. The van der Waals surface area contributed by atoms with Gasteiger partial charge in [0.25, 0.3) is 5.76 Å². The average molecular weight is 257 g/mol. The molecule has 17 heavy (non-hydrogen) atoms. The Bertz CT molecular complexity index is 402. The van der Waals surface area contributed by atoms with E-state index >= 15 is 0 Å². The van der Waals surface area contributed by atoms with E-state index in [4.69, 9.17) is 5.73 Å². The van der Waals surface area contributed by atoms with E-state index in [0.717, 1.165) is 6.42 Å². The summed E-state index contributed by atoms with van der Waals surface area (Å²) >= 11 is 0.581. The largest absolute Gasteiger partial charge is 0.330 e. The molecule has 1 nitrogen and oxygen atoms in total. The standard InChI is InChI=1S/C13H17F2NS/c1-12(2)7-13(12,8-16)9-3-5-10(6-4-9)17-11(14)15/h3-6,11H,7-8,16H2,1-2H3. The van der Waals surface area contributed by atoms with Crippen LogP contribution in [0.15, 0.2) is 29.2 Å². The van der Waals surface area contributed by atoms with Gasteiger partial charge in [0, 0.05) is 16.9 Å². The maximum atomic E-state index is 12.2. The zero-order valence-electron chi connectivity index (χ0n) is 10.0. The van der Waals surface area contributed by atoms with Gasteiger partial charge in [0.05, 0.1) is 0 Å². The summed E-state index contributed by atoms with van der Waals surface area (Å²) in [5.41, 5.74) is 7.30. The lowest BCUT2D eigenvalue weighted by atomic mass is 9.88. The van der Waals surface area contributed by atoms with Crippen LogP contribution >= 0.6 is 11.8 Å². The maximum absolute atomic E-state index is 12.2. The summed E-state index contributed by atoms with van der Waals surface area (Å²) in [5.74, 6) is -2.36. The van der Waals surface area contributed by atoms with E-state index in [1.54, 1.807) is 12.1 Å². The van der Waals surface area contributed by atoms with Crippen LogP contribution in [0.3, 0.4) is 0 Å². The molecule has 4 heteroatoms. The van der Waals surface area contributed by atoms with Crippen LogP contribution < -0.4 is 5.73 Å². The van der Waals surface area contributed by atoms with E-state index in [-0.39, 0.29) is 10.8 Å². The Kier molecular flexibility index (Phi) is 3.21. The first kappa shape index (κ1) is 12.8. The molecule has 1 aromatic rings. The first-order valence-electron chi connectivity index (χ1n) is 5.67. The van der Waals surface area contributed by atoms with Gasteiger partial charge < -0.3 is 5.73 Å². The van der Waals surface area contributed by atoms with Crippen molar-refractivity contribution < 1.29 is 8.78 Å². The van der Waals surface area contributed by atoms with Crippen molar-refractivity contribution in [1.29, 1.82) is 0 Å². The summed E-state index contributed by atoms with van der Waals surface area (Å²) in [6.45, 7) is 5.00. The van der Waals surface area contributed by atoms with Gasteiger partial charge in [-0.3, -0.25) is 0 Å². The van der Waals surface area contributed by atoms with Gasteiger partial charge in [-0.25, -0.2) is 0 Å². The zero-order valence-corrected chi connectivity index (χ0v) is 10.9. The van der Waals surface area contributed by atoms with Gasteiger partial charge in [-0.2, -0.15) is 8.78 Å². The number of hydrogen-bond acceptors (Lipinski definition) is 2. The first-order chi connectivity index (χ1) is 7.91. The van der Waals surface area contributed by atoms with Crippen LogP contribution in [0.1, 0.15) is 25.8 Å². The lowest BCUT2D eigenvalue weighted by Crippen LogP contribution is -2.25. The number of halogens is 2. The van der Waals surface area contributed by atoms with Crippen LogP contribution in [0, 0.1) is 5.41 Å². The highest BCUT2D eigenvalue weighted by molar-refractivity contribution is 7.99. The van der Waals surface area contributed by atoms with Crippen molar-refractivity contribution in [2.75, 3.05) is 6.54 Å². The molecule has 94 valence electrons. The minimum atomic E-state index is -2.36. The molecule has 0 saturated heterocycles. The summed E-state index contributed by atoms with van der Waals surface area (Å²) in [4.78, 5) is 0.606. The van der Waals surface area contributed by atoms with Gasteiger partial charge in [0.15, 0.2) is 0 Å². The number of benzene rings is 1. The molecule has 1 aliphatic rings. The molecular formula is C13H17F2NS. The lowest BCUT2D eigenvalue weighted by molar-refractivity contribution is 0.252. The van der Waals surface area contributed by atoms with Crippen molar-refractivity contribution in [2.24, 2.45) is 11.1 Å². The normalized spacial score (nSPS) is 26.2. The van der Waals surface area contributed by atoms with E-state index < -0.39 is 5.76 Å². The molecule has 0 spiro atoms. The molecule has 1 aromatic carbocycles. The first-order valence-corrected chi connectivity index (χ1v) is 6.55. The fraction of sp³-hybridized carbons (Fsp3) is 0.538. The molecule has 0 amide bonds. The van der Waals surface area contributed by atoms with Crippen LogP contribution in [-0.4, -0.2) is 12.3 Å². The smallest absolute Gasteiger partial charge is 0.288 e. The van der Waals surface area contributed by atoms with Crippen molar-refractivity contribution in [3.8, 4) is 0 Å². The van der Waals surface area contributed by atoms with E-state index in [1.165, 1.54) is 5.56 Å². The Labute approximate surface area is 105 Å². The van der Waals surface area contributed by atoms with Crippen LogP contribution in [-0.2, 0) is 5.41 Å². The molecule has 2 rings (SSSR count). The third-order valence-corrected chi connectivity index (χ3v) is 4.62. The Balaban J connectivity index is 2.19. The second-order valence-corrected chi connectivity index (χ2v) is 6.31. The second-order valence-electron chi connectivity index (χ2n) is 5.25. The summed E-state index contributed by atoms with van der Waals surface area (Å²) in [6.07, 6.45) is 1.07. The molecule has 1 saturated carbocycles. The Morgan fingerprint density at radius 2 is 1.82 bits per heavy atom. The molecule has 1 aliphatic carbocycles. The number of alkyl halides is 2. The summed E-state index contributed by atoms with van der Waals surface area (Å²) in [5, 5.41) is 0. The van der Waals surface area contributed by atoms with Gasteiger partial charge in [-0.1, -0.05) is 37.7 Å². The molecule has 1 atom stereocenters. The van der Waals surface area contributed by atoms with E-state index in [2.05, 4.69) is 13.8 Å². The lowest BCUT2D eigenvalue weighted by Gasteiger charge is -2.19. The topological polar surface area (TPSA) is 26.0 Å². The summed E-state index contributed by atoms with van der Waals surface area (Å²) in [7, 11) is 0. The summed E-state index contributed by atoms with van der Waals surface area (Å²) in [6, 6.07) is 7.40. The highest BCUT2D eigenvalue weighted by Crippen LogP contribution is 2.63. The molecule has 0 aliphatic heterocycles. The van der Waals surface area contributed by atoms with Crippen LogP contribution in [0.2, 0.25) is 0 Å². The highest BCUT2D eigenvalue weighted by Gasteiger charge is 2.60. The number of nitrogens with two attached hydrogens (primary N) is 1. The molecular weight excluding hydrogens is 240 g/mol. The zero-order chi connectivity index (χ0) is 12.7. The second kappa shape index (κ2) is 4.25. The third kappa shape index (κ3) is 2.20. The van der Waals surface area contributed by atoms with Gasteiger partial charge >= 0.3 is 0 Å². The van der Waals surface area contributed by atoms with E-state index in [1.807, 2.05) is 12.1 Å². The molecule has 0 radical (unpaired) electrons. The molecule has 0 bridgehead atoms. The van der Waals surface area contributed by atoms with Crippen molar-refractivity contribution in [2.45, 2.75) is 36.3 Å². The minimum Gasteiger partial charge on any atom is -0.330 e. The number of hydrogen-bond donors (Lipinski definition) is 1. The van der Waals surface area contributed by atoms with Crippen LogP contribution in [0.5, 0.6) is 0 Å². The van der Waals surface area contributed by atoms with Gasteiger partial charge in [0.2, 0.25) is 0 Å². The predicted molar refractivity (Wildman–Crippen MR) is 67.4 cm³/mol. The average Bonchev–Trinajstić information content (AvgIpc) is 2.82. The third-order valence-electron chi connectivity index (χ3n) is 3.89. The van der Waals surface area contributed by atoms with Gasteiger partial charge in [-0.05, 0) is 29.5 Å². The van der Waals surface area contributed by atoms with Crippen LogP contribution in [0.25, 0.3) is 0 Å². The molecule has 1 fully saturated rings. The number of thioether (sulfide) groups is 1. The summed E-state index contributed by atoms with van der Waals surface area (Å²) < 4.78 is 24.4. The minimum absolute atomic E-state index is 0.0427. The van der Waals surface area contributed by atoms with E-state index in [0.29, 0.717) is 23.2 Å². The van der Waals surface area contributed by atoms with Crippen molar-refractivity contribution in [3.63, 3.8) is 0 Å².